The largest absolute Gasteiger partial charge is 0.352 e. The van der Waals surface area contributed by atoms with Gasteiger partial charge in [0.05, 0.1) is 6.20 Å². The van der Waals surface area contributed by atoms with Gasteiger partial charge in [-0.2, -0.15) is 10.1 Å². The quantitative estimate of drug-likeness (QED) is 0.743. The molecule has 7 heteroatoms. The Bertz CT molecular complexity index is 880. The van der Waals surface area contributed by atoms with E-state index in [4.69, 9.17) is 0 Å². The van der Waals surface area contributed by atoms with Crippen LogP contribution < -0.4 is 10.9 Å². The predicted octanol–water partition coefficient (Wildman–Crippen LogP) is 1.33. The minimum atomic E-state index is -0.188. The second-order valence-electron chi connectivity index (χ2n) is 5.83. The Morgan fingerprint density at radius 2 is 2.09 bits per heavy atom. The molecule has 23 heavy (non-hydrogen) atoms. The lowest BCUT2D eigenvalue weighted by molar-refractivity contribution is 0.402. The smallest absolute Gasteiger partial charge is 0.263 e. The number of fused-ring (bicyclic) bond motifs is 1. The molecule has 3 aromatic rings. The van der Waals surface area contributed by atoms with Crippen LogP contribution in [0.4, 0.5) is 5.95 Å². The average molecular weight is 312 g/mol. The van der Waals surface area contributed by atoms with Crippen molar-refractivity contribution in [1.82, 2.24) is 24.6 Å². The fraction of sp³-hybridized carbons (Fsp3) is 0.312. The van der Waals surface area contributed by atoms with Crippen LogP contribution in [0.3, 0.4) is 0 Å². The van der Waals surface area contributed by atoms with Gasteiger partial charge in [-0.25, -0.2) is 0 Å². The number of hydrogen-bond donors (Lipinski definition) is 2. The molecule has 0 aliphatic carbocycles. The van der Waals surface area contributed by atoms with Crippen LogP contribution in [0, 0.1) is 0 Å². The van der Waals surface area contributed by atoms with Crippen LogP contribution in [0.1, 0.15) is 11.1 Å². The Hall–Kier alpha value is -2.67. The highest BCUT2D eigenvalue weighted by atomic mass is 16.1. The first kappa shape index (κ1) is 15.2. The SMILES string of the molecule is CN(C)Cc1cccc(CNc2nc3c(cnn3C)c(=O)[nH]2)c1. The molecule has 0 amide bonds. The first-order chi connectivity index (χ1) is 11.0. The summed E-state index contributed by atoms with van der Waals surface area (Å²) in [4.78, 5) is 21.3. The number of anilines is 1. The van der Waals surface area contributed by atoms with Crippen LogP contribution in [0.5, 0.6) is 0 Å². The minimum Gasteiger partial charge on any atom is -0.352 e. The molecule has 2 aromatic heterocycles. The van der Waals surface area contributed by atoms with Crippen LogP contribution in [0.2, 0.25) is 0 Å². The van der Waals surface area contributed by atoms with Crippen molar-refractivity contribution < 1.29 is 0 Å². The van der Waals surface area contributed by atoms with Gasteiger partial charge in [-0.3, -0.25) is 14.5 Å². The summed E-state index contributed by atoms with van der Waals surface area (Å²) in [5.74, 6) is 0.448. The Balaban J connectivity index is 1.78. The number of nitrogens with one attached hydrogen (secondary N) is 2. The third-order valence-corrected chi connectivity index (χ3v) is 3.55. The van der Waals surface area contributed by atoms with Crippen LogP contribution in [-0.2, 0) is 20.1 Å². The van der Waals surface area contributed by atoms with Gasteiger partial charge in [0.15, 0.2) is 5.65 Å². The van der Waals surface area contributed by atoms with Gasteiger partial charge in [-0.15, -0.1) is 0 Å². The van der Waals surface area contributed by atoms with Gasteiger partial charge in [-0.05, 0) is 25.2 Å². The summed E-state index contributed by atoms with van der Waals surface area (Å²) in [6, 6.07) is 8.34. The van der Waals surface area contributed by atoms with E-state index in [1.807, 2.05) is 26.2 Å². The summed E-state index contributed by atoms with van der Waals surface area (Å²) in [7, 11) is 5.86. The second-order valence-corrected chi connectivity index (χ2v) is 5.83. The van der Waals surface area contributed by atoms with Crippen molar-refractivity contribution in [3.8, 4) is 0 Å². The lowest BCUT2D eigenvalue weighted by atomic mass is 10.1. The number of benzene rings is 1. The number of H-pyrrole nitrogens is 1. The summed E-state index contributed by atoms with van der Waals surface area (Å²) < 4.78 is 1.59. The molecule has 0 saturated heterocycles. The number of hydrogen-bond acceptors (Lipinski definition) is 5. The summed E-state index contributed by atoms with van der Waals surface area (Å²) in [5.41, 5.74) is 2.76. The third kappa shape index (κ3) is 3.40. The molecule has 0 bridgehead atoms. The van der Waals surface area contributed by atoms with Crippen molar-refractivity contribution in [2.45, 2.75) is 13.1 Å². The number of rotatable bonds is 5. The van der Waals surface area contributed by atoms with Crippen LogP contribution >= 0.6 is 0 Å². The lowest BCUT2D eigenvalue weighted by Gasteiger charge is -2.11. The Morgan fingerprint density at radius 1 is 1.30 bits per heavy atom. The number of nitrogens with zero attached hydrogens (tertiary/aromatic N) is 4. The van der Waals surface area contributed by atoms with Gasteiger partial charge in [0.1, 0.15) is 5.39 Å². The molecule has 0 aliphatic rings. The van der Waals surface area contributed by atoms with Gasteiger partial charge in [-0.1, -0.05) is 24.3 Å². The molecule has 0 saturated carbocycles. The van der Waals surface area contributed by atoms with Gasteiger partial charge in [0.25, 0.3) is 5.56 Å². The summed E-state index contributed by atoms with van der Waals surface area (Å²) in [6.07, 6.45) is 1.52. The monoisotopic (exact) mass is 312 g/mol. The Kier molecular flexibility index (Phi) is 4.12. The van der Waals surface area contributed by atoms with Crippen LogP contribution in [0.15, 0.2) is 35.3 Å². The highest BCUT2D eigenvalue weighted by molar-refractivity contribution is 5.74. The Labute approximate surface area is 134 Å². The van der Waals surface area contributed by atoms with E-state index in [0.29, 0.717) is 23.5 Å². The first-order valence-electron chi connectivity index (χ1n) is 7.41. The molecule has 0 radical (unpaired) electrons. The van der Waals surface area contributed by atoms with Crippen molar-refractivity contribution in [1.29, 1.82) is 0 Å². The molecule has 2 N–H and O–H groups in total. The fourth-order valence-corrected chi connectivity index (χ4v) is 2.51. The van der Waals surface area contributed by atoms with E-state index in [-0.39, 0.29) is 5.56 Å². The highest BCUT2D eigenvalue weighted by Crippen LogP contribution is 2.10. The van der Waals surface area contributed by atoms with Crippen molar-refractivity contribution in [2.75, 3.05) is 19.4 Å². The standard InChI is InChI=1S/C16H20N6O/c1-21(2)10-12-6-4-5-11(7-12)8-17-16-19-14-13(15(23)20-16)9-18-22(14)3/h4-7,9H,8,10H2,1-3H3,(H2,17,19,20,23). The highest BCUT2D eigenvalue weighted by Gasteiger charge is 2.07. The van der Waals surface area contributed by atoms with E-state index in [2.05, 4.69) is 37.4 Å². The zero-order chi connectivity index (χ0) is 16.4. The van der Waals surface area contributed by atoms with E-state index in [9.17, 15) is 4.79 Å². The fourth-order valence-electron chi connectivity index (χ4n) is 2.51. The van der Waals surface area contributed by atoms with Crippen molar-refractivity contribution >= 4 is 17.0 Å². The van der Waals surface area contributed by atoms with Crippen LogP contribution in [-0.4, -0.2) is 38.7 Å². The zero-order valence-electron chi connectivity index (χ0n) is 13.5. The van der Waals surface area contributed by atoms with E-state index in [1.54, 1.807) is 11.7 Å². The number of aromatic nitrogens is 4. The molecule has 0 unspecified atom stereocenters. The molecular formula is C16H20N6O. The molecule has 0 atom stereocenters. The second kappa shape index (κ2) is 6.21. The van der Waals surface area contributed by atoms with Crippen LogP contribution in [0.25, 0.3) is 11.0 Å². The van der Waals surface area contributed by atoms with Gasteiger partial charge >= 0.3 is 0 Å². The molecule has 0 aliphatic heterocycles. The van der Waals surface area contributed by atoms with E-state index in [0.717, 1.165) is 12.1 Å². The Morgan fingerprint density at radius 3 is 2.87 bits per heavy atom. The number of aromatic amines is 1. The predicted molar refractivity (Wildman–Crippen MR) is 90.3 cm³/mol. The average Bonchev–Trinajstić information content (AvgIpc) is 2.87. The summed E-state index contributed by atoms with van der Waals surface area (Å²) in [6.45, 7) is 1.48. The molecule has 120 valence electrons. The molecule has 0 fully saturated rings. The topological polar surface area (TPSA) is 78.8 Å². The van der Waals surface area contributed by atoms with E-state index < -0.39 is 0 Å². The molecule has 1 aromatic carbocycles. The van der Waals surface area contributed by atoms with Gasteiger partial charge in [0.2, 0.25) is 5.95 Å². The summed E-state index contributed by atoms with van der Waals surface area (Å²) >= 11 is 0. The molecule has 3 rings (SSSR count). The number of aryl methyl sites for hydroxylation is 1. The third-order valence-electron chi connectivity index (χ3n) is 3.55. The first-order valence-corrected chi connectivity index (χ1v) is 7.41. The maximum absolute atomic E-state index is 12.0. The van der Waals surface area contributed by atoms with E-state index >= 15 is 0 Å². The normalized spacial score (nSPS) is 11.3. The minimum absolute atomic E-state index is 0.188. The summed E-state index contributed by atoms with van der Waals surface area (Å²) in [5, 5.41) is 7.72. The van der Waals surface area contributed by atoms with Gasteiger partial charge < -0.3 is 10.2 Å². The zero-order valence-corrected chi connectivity index (χ0v) is 13.5. The molecular weight excluding hydrogens is 292 g/mol. The molecule has 2 heterocycles. The van der Waals surface area contributed by atoms with Crippen molar-refractivity contribution in [3.05, 3.63) is 51.9 Å². The van der Waals surface area contributed by atoms with Crippen molar-refractivity contribution in [3.63, 3.8) is 0 Å². The lowest BCUT2D eigenvalue weighted by Crippen LogP contribution is -2.14. The van der Waals surface area contributed by atoms with Crippen molar-refractivity contribution in [2.24, 2.45) is 7.05 Å². The van der Waals surface area contributed by atoms with E-state index in [1.165, 1.54) is 11.8 Å². The maximum atomic E-state index is 12.0. The molecule has 0 spiro atoms. The molecule has 7 nitrogen and oxygen atoms in total. The maximum Gasteiger partial charge on any atom is 0.263 e. The van der Waals surface area contributed by atoms with Gasteiger partial charge in [0, 0.05) is 20.1 Å².